The number of rotatable bonds is 2. The molecule has 1 aromatic heterocycles. The van der Waals surface area contributed by atoms with E-state index in [9.17, 15) is 4.79 Å². The molecule has 1 saturated carbocycles. The molecule has 2 heterocycles. The summed E-state index contributed by atoms with van der Waals surface area (Å²) in [6.45, 7) is 6.29. The predicted octanol–water partition coefficient (Wildman–Crippen LogP) is 1.15. The van der Waals surface area contributed by atoms with Gasteiger partial charge in [0.05, 0.1) is 17.3 Å². The molecular formula is C14H19N3O. The number of amides is 1. The van der Waals surface area contributed by atoms with Crippen LogP contribution in [0.3, 0.4) is 0 Å². The zero-order valence-electron chi connectivity index (χ0n) is 11.1. The van der Waals surface area contributed by atoms with E-state index in [1.165, 1.54) is 5.56 Å². The van der Waals surface area contributed by atoms with Gasteiger partial charge in [-0.1, -0.05) is 13.0 Å². The normalized spacial score (nSPS) is 37.4. The van der Waals surface area contributed by atoms with Crippen molar-refractivity contribution in [2.75, 3.05) is 0 Å². The van der Waals surface area contributed by atoms with Crippen LogP contribution in [0.5, 0.6) is 0 Å². The molecule has 1 aliphatic carbocycles. The van der Waals surface area contributed by atoms with Crippen molar-refractivity contribution in [3.8, 4) is 0 Å². The van der Waals surface area contributed by atoms with E-state index < -0.39 is 0 Å². The zero-order valence-corrected chi connectivity index (χ0v) is 11.1. The number of fused-ring (bicyclic) bond motifs is 1. The molecule has 3 atom stereocenters. The molecule has 96 valence electrons. The standard InChI is InChI=1S/C14H19N3O/c1-8-4-5-9(2)16-11(8)14-7-13(14,3)6-10(17-14)12(15)18/h4-5,10,17H,6-7H2,1-3H3,(H2,15,18). The fourth-order valence-corrected chi connectivity index (χ4v) is 3.48. The minimum atomic E-state index is -0.256. The average Bonchev–Trinajstić information content (AvgIpc) is 2.76. The Morgan fingerprint density at radius 3 is 2.83 bits per heavy atom. The molecule has 3 N–H and O–H groups in total. The smallest absolute Gasteiger partial charge is 0.234 e. The molecule has 18 heavy (non-hydrogen) atoms. The van der Waals surface area contributed by atoms with Crippen molar-refractivity contribution in [2.45, 2.75) is 45.2 Å². The van der Waals surface area contributed by atoms with Crippen molar-refractivity contribution in [1.29, 1.82) is 0 Å². The molecule has 1 aromatic rings. The van der Waals surface area contributed by atoms with Gasteiger partial charge in [-0.2, -0.15) is 0 Å². The molecule has 1 saturated heterocycles. The third-order valence-electron chi connectivity index (χ3n) is 4.62. The van der Waals surface area contributed by atoms with Gasteiger partial charge in [-0.3, -0.25) is 15.1 Å². The van der Waals surface area contributed by atoms with Gasteiger partial charge < -0.3 is 5.73 Å². The van der Waals surface area contributed by atoms with Crippen molar-refractivity contribution in [2.24, 2.45) is 11.1 Å². The van der Waals surface area contributed by atoms with Gasteiger partial charge in [-0.15, -0.1) is 0 Å². The molecule has 1 aliphatic heterocycles. The monoisotopic (exact) mass is 245 g/mol. The van der Waals surface area contributed by atoms with Gasteiger partial charge in [0, 0.05) is 5.69 Å². The second-order valence-corrected chi connectivity index (χ2v) is 6.06. The SMILES string of the molecule is Cc1ccc(C)c(C23CC2(C)CC(C(N)=O)N3)n1. The summed E-state index contributed by atoms with van der Waals surface area (Å²) >= 11 is 0. The summed E-state index contributed by atoms with van der Waals surface area (Å²) < 4.78 is 0. The summed E-state index contributed by atoms with van der Waals surface area (Å²) in [5.74, 6) is -0.256. The molecule has 2 fully saturated rings. The highest BCUT2D eigenvalue weighted by Crippen LogP contribution is 2.68. The fourth-order valence-electron chi connectivity index (χ4n) is 3.48. The van der Waals surface area contributed by atoms with Gasteiger partial charge >= 0.3 is 0 Å². The van der Waals surface area contributed by atoms with Crippen molar-refractivity contribution in [3.63, 3.8) is 0 Å². The number of pyridine rings is 1. The number of carbonyl (C=O) groups is 1. The number of hydrogen-bond donors (Lipinski definition) is 2. The first-order valence-corrected chi connectivity index (χ1v) is 6.40. The predicted molar refractivity (Wildman–Crippen MR) is 68.8 cm³/mol. The molecule has 0 radical (unpaired) electrons. The highest BCUT2D eigenvalue weighted by Gasteiger charge is 2.72. The zero-order chi connectivity index (χ0) is 13.1. The Morgan fingerprint density at radius 1 is 1.50 bits per heavy atom. The number of nitrogens with two attached hydrogens (primary N) is 1. The molecule has 0 bridgehead atoms. The third kappa shape index (κ3) is 1.35. The number of carbonyl (C=O) groups excluding carboxylic acids is 1. The van der Waals surface area contributed by atoms with Crippen molar-refractivity contribution < 1.29 is 4.79 Å². The number of aryl methyl sites for hydroxylation is 2. The van der Waals surface area contributed by atoms with Crippen LogP contribution in [0.1, 0.15) is 36.7 Å². The van der Waals surface area contributed by atoms with Crippen LogP contribution in [0.15, 0.2) is 12.1 Å². The Hall–Kier alpha value is -1.42. The minimum Gasteiger partial charge on any atom is -0.368 e. The van der Waals surface area contributed by atoms with Crippen molar-refractivity contribution in [1.82, 2.24) is 10.3 Å². The lowest BCUT2D eigenvalue weighted by molar-refractivity contribution is -0.120. The first kappa shape index (κ1) is 11.7. The Balaban J connectivity index is 2.03. The Bertz CT molecular complexity index is 542. The second-order valence-electron chi connectivity index (χ2n) is 6.06. The first-order chi connectivity index (χ1) is 8.38. The van der Waals surface area contributed by atoms with Crippen molar-refractivity contribution >= 4 is 5.91 Å². The van der Waals surface area contributed by atoms with Gasteiger partial charge in [0.25, 0.3) is 0 Å². The summed E-state index contributed by atoms with van der Waals surface area (Å²) in [4.78, 5) is 16.1. The molecule has 0 aromatic carbocycles. The van der Waals surface area contributed by atoms with Gasteiger partial charge in [0.2, 0.25) is 5.91 Å². The molecule has 1 amide bonds. The van der Waals surface area contributed by atoms with Crippen LogP contribution in [-0.2, 0) is 10.3 Å². The van der Waals surface area contributed by atoms with E-state index in [1.807, 2.05) is 13.0 Å². The van der Waals surface area contributed by atoms with Crippen LogP contribution in [0, 0.1) is 19.3 Å². The van der Waals surface area contributed by atoms with Gasteiger partial charge in [0.1, 0.15) is 0 Å². The van der Waals surface area contributed by atoms with Crippen molar-refractivity contribution in [3.05, 3.63) is 29.1 Å². The highest BCUT2D eigenvalue weighted by molar-refractivity contribution is 5.81. The maximum Gasteiger partial charge on any atom is 0.234 e. The summed E-state index contributed by atoms with van der Waals surface area (Å²) in [7, 11) is 0. The summed E-state index contributed by atoms with van der Waals surface area (Å²) in [6, 6.07) is 3.91. The van der Waals surface area contributed by atoms with E-state index in [-0.39, 0.29) is 22.9 Å². The molecule has 3 rings (SSSR count). The average molecular weight is 245 g/mol. The maximum absolute atomic E-state index is 11.4. The number of nitrogens with one attached hydrogen (secondary N) is 1. The Labute approximate surface area is 107 Å². The van der Waals surface area contributed by atoms with Crippen LogP contribution in [0.4, 0.5) is 0 Å². The second kappa shape index (κ2) is 3.32. The lowest BCUT2D eigenvalue weighted by Gasteiger charge is -2.19. The van der Waals surface area contributed by atoms with Gasteiger partial charge in [-0.25, -0.2) is 0 Å². The van der Waals surface area contributed by atoms with Crippen LogP contribution in [0.2, 0.25) is 0 Å². The largest absolute Gasteiger partial charge is 0.368 e. The number of hydrogen-bond acceptors (Lipinski definition) is 3. The van der Waals surface area contributed by atoms with E-state index >= 15 is 0 Å². The number of aromatic nitrogens is 1. The maximum atomic E-state index is 11.4. The number of piperidine rings is 1. The lowest BCUT2D eigenvalue weighted by atomic mass is 9.96. The van der Waals surface area contributed by atoms with E-state index in [2.05, 4.69) is 25.2 Å². The van der Waals surface area contributed by atoms with E-state index in [0.717, 1.165) is 24.2 Å². The minimum absolute atomic E-state index is 0.123. The van der Waals surface area contributed by atoms with Gasteiger partial charge in [-0.05, 0) is 43.7 Å². The molecular weight excluding hydrogens is 226 g/mol. The van der Waals surface area contributed by atoms with Crippen LogP contribution < -0.4 is 11.1 Å². The van der Waals surface area contributed by atoms with Crippen LogP contribution in [-0.4, -0.2) is 16.9 Å². The van der Waals surface area contributed by atoms with Crippen LogP contribution >= 0.6 is 0 Å². The molecule has 4 heteroatoms. The van der Waals surface area contributed by atoms with Crippen LogP contribution in [0.25, 0.3) is 0 Å². The lowest BCUT2D eigenvalue weighted by Crippen LogP contribution is -2.42. The van der Waals surface area contributed by atoms with E-state index in [0.29, 0.717) is 0 Å². The Morgan fingerprint density at radius 2 is 2.22 bits per heavy atom. The Kier molecular flexibility index (Phi) is 2.15. The first-order valence-electron chi connectivity index (χ1n) is 6.40. The fraction of sp³-hybridized carbons (Fsp3) is 0.571. The third-order valence-corrected chi connectivity index (χ3v) is 4.62. The number of primary amides is 1. The molecule has 3 unspecified atom stereocenters. The quantitative estimate of drug-likeness (QED) is 0.821. The summed E-state index contributed by atoms with van der Waals surface area (Å²) in [5, 5.41) is 3.43. The highest BCUT2D eigenvalue weighted by atomic mass is 16.1. The molecule has 0 spiro atoms. The number of nitrogens with zero attached hydrogens (tertiary/aromatic N) is 1. The topological polar surface area (TPSA) is 68.0 Å². The molecule has 4 nitrogen and oxygen atoms in total. The summed E-state index contributed by atoms with van der Waals surface area (Å²) in [6.07, 6.45) is 1.86. The van der Waals surface area contributed by atoms with E-state index in [4.69, 9.17) is 10.7 Å². The molecule has 2 aliphatic rings. The van der Waals surface area contributed by atoms with E-state index in [1.54, 1.807) is 0 Å². The van der Waals surface area contributed by atoms with Gasteiger partial charge in [0.15, 0.2) is 0 Å². The summed E-state index contributed by atoms with van der Waals surface area (Å²) in [5.41, 5.74) is 8.70.